The zero-order valence-corrected chi connectivity index (χ0v) is 16.5. The summed E-state index contributed by atoms with van der Waals surface area (Å²) in [5, 5.41) is 2.10. The summed E-state index contributed by atoms with van der Waals surface area (Å²) < 4.78 is 24.9. The predicted octanol–water partition coefficient (Wildman–Crippen LogP) is 1.38. The third kappa shape index (κ3) is 3.34. The predicted molar refractivity (Wildman–Crippen MR) is 102 cm³/mol. The van der Waals surface area contributed by atoms with Gasteiger partial charge >= 0.3 is 0 Å². The highest BCUT2D eigenvalue weighted by atomic mass is 32.2. The molecular weight excluding hydrogens is 402 g/mol. The Balaban J connectivity index is 1.49. The molecule has 28 heavy (non-hydrogen) atoms. The first kappa shape index (κ1) is 18.8. The summed E-state index contributed by atoms with van der Waals surface area (Å²) in [7, 11) is -4.11. The summed E-state index contributed by atoms with van der Waals surface area (Å²) in [6, 6.07) is 5.39. The molecule has 10 heteroatoms. The van der Waals surface area contributed by atoms with Crippen LogP contribution in [0.3, 0.4) is 0 Å². The highest BCUT2D eigenvalue weighted by Crippen LogP contribution is 2.32. The molecular formula is C18H17N3O5S2. The number of hydrazine groups is 1. The molecule has 1 aliphatic heterocycles. The minimum absolute atomic E-state index is 0.0146. The van der Waals surface area contributed by atoms with E-state index in [0.717, 1.165) is 30.9 Å². The van der Waals surface area contributed by atoms with Gasteiger partial charge in [-0.15, -0.1) is 16.2 Å². The molecule has 1 unspecified atom stereocenters. The Morgan fingerprint density at radius 3 is 2.71 bits per heavy atom. The summed E-state index contributed by atoms with van der Waals surface area (Å²) >= 11 is 1.37. The second-order valence-electron chi connectivity index (χ2n) is 6.96. The average Bonchev–Trinajstić information content (AvgIpc) is 3.20. The standard InChI is InChI=1S/C18H17N3O5S2/c1-9-2-5-14-10(6-9)7-15(27-14)18(24)20-21-28(25,26)11-3-4-12-13(8-11)17(23)19-16(12)22/h3-4,7-9,21H,2,5-6H2,1H3,(H,20,24)(H,19,22,23). The van der Waals surface area contributed by atoms with E-state index in [1.807, 2.05) is 10.9 Å². The van der Waals surface area contributed by atoms with Crippen LogP contribution >= 0.6 is 11.3 Å². The van der Waals surface area contributed by atoms with Crippen LogP contribution in [0.5, 0.6) is 0 Å². The first-order valence-corrected chi connectivity index (χ1v) is 11.0. The largest absolute Gasteiger partial charge is 0.288 e. The van der Waals surface area contributed by atoms with Crippen LogP contribution in [-0.2, 0) is 22.9 Å². The lowest BCUT2D eigenvalue weighted by atomic mass is 9.90. The molecule has 0 fully saturated rings. The molecule has 0 saturated carbocycles. The van der Waals surface area contributed by atoms with Crippen molar-refractivity contribution in [1.82, 2.24) is 15.6 Å². The maximum absolute atomic E-state index is 12.5. The van der Waals surface area contributed by atoms with Crippen LogP contribution in [-0.4, -0.2) is 26.1 Å². The number of carbonyl (C=O) groups excluding carboxylic acids is 3. The number of rotatable bonds is 4. The molecule has 0 bridgehead atoms. The fourth-order valence-corrected chi connectivity index (χ4v) is 5.33. The lowest BCUT2D eigenvalue weighted by Gasteiger charge is -2.16. The van der Waals surface area contributed by atoms with Gasteiger partial charge in [0.2, 0.25) is 0 Å². The minimum Gasteiger partial charge on any atom is -0.288 e. The van der Waals surface area contributed by atoms with Crippen LogP contribution in [0.25, 0.3) is 0 Å². The molecule has 3 amide bonds. The minimum atomic E-state index is -4.11. The monoisotopic (exact) mass is 419 g/mol. The van der Waals surface area contributed by atoms with Crippen molar-refractivity contribution in [2.24, 2.45) is 5.92 Å². The van der Waals surface area contributed by atoms with Gasteiger partial charge in [0.25, 0.3) is 27.7 Å². The number of imide groups is 1. The molecule has 1 aliphatic carbocycles. The summed E-state index contributed by atoms with van der Waals surface area (Å²) in [6.45, 7) is 2.17. The maximum atomic E-state index is 12.5. The van der Waals surface area contributed by atoms with Crippen molar-refractivity contribution >= 4 is 39.1 Å². The molecule has 0 radical (unpaired) electrons. The number of aryl methyl sites for hydroxylation is 1. The van der Waals surface area contributed by atoms with Crippen molar-refractivity contribution in [2.75, 3.05) is 0 Å². The lowest BCUT2D eigenvalue weighted by Crippen LogP contribution is -2.41. The second kappa shape index (κ2) is 6.80. The van der Waals surface area contributed by atoms with Crippen LogP contribution in [0.15, 0.2) is 29.2 Å². The van der Waals surface area contributed by atoms with E-state index >= 15 is 0 Å². The Bertz CT molecular complexity index is 1120. The van der Waals surface area contributed by atoms with Gasteiger partial charge in [-0.1, -0.05) is 6.92 Å². The second-order valence-corrected chi connectivity index (χ2v) is 9.78. The van der Waals surface area contributed by atoms with E-state index in [1.54, 1.807) is 0 Å². The fraction of sp³-hybridized carbons (Fsp3) is 0.278. The first-order chi connectivity index (χ1) is 13.2. The van der Waals surface area contributed by atoms with Gasteiger partial charge in [0.15, 0.2) is 0 Å². The van der Waals surface area contributed by atoms with Crippen molar-refractivity contribution < 1.29 is 22.8 Å². The topological polar surface area (TPSA) is 121 Å². The average molecular weight is 419 g/mol. The summed E-state index contributed by atoms with van der Waals surface area (Å²) in [5.41, 5.74) is 3.46. The Kier molecular flexibility index (Phi) is 4.56. The van der Waals surface area contributed by atoms with Crippen molar-refractivity contribution in [2.45, 2.75) is 31.1 Å². The van der Waals surface area contributed by atoms with Gasteiger partial charge in [-0.25, -0.2) is 8.42 Å². The zero-order chi connectivity index (χ0) is 20.1. The molecule has 2 aliphatic rings. The number of amides is 3. The highest BCUT2D eigenvalue weighted by molar-refractivity contribution is 7.89. The van der Waals surface area contributed by atoms with Gasteiger partial charge in [-0.3, -0.25) is 25.1 Å². The molecule has 146 valence electrons. The van der Waals surface area contributed by atoms with E-state index in [0.29, 0.717) is 10.8 Å². The van der Waals surface area contributed by atoms with Crippen molar-refractivity contribution in [3.63, 3.8) is 0 Å². The highest BCUT2D eigenvalue weighted by Gasteiger charge is 2.29. The Morgan fingerprint density at radius 1 is 1.18 bits per heavy atom. The van der Waals surface area contributed by atoms with Gasteiger partial charge < -0.3 is 0 Å². The number of hydrogen-bond donors (Lipinski definition) is 3. The molecule has 2 aromatic rings. The smallest absolute Gasteiger partial charge is 0.276 e. The van der Waals surface area contributed by atoms with Crippen LogP contribution in [0.2, 0.25) is 0 Å². The fourth-order valence-electron chi connectivity index (χ4n) is 3.37. The summed E-state index contributed by atoms with van der Waals surface area (Å²) in [4.78, 5) is 39.1. The quantitative estimate of drug-likeness (QED) is 0.511. The van der Waals surface area contributed by atoms with Crippen molar-refractivity contribution in [1.29, 1.82) is 0 Å². The first-order valence-electron chi connectivity index (χ1n) is 8.68. The molecule has 1 aromatic heterocycles. The van der Waals surface area contributed by atoms with E-state index in [4.69, 9.17) is 0 Å². The van der Waals surface area contributed by atoms with Gasteiger partial charge in [-0.05, 0) is 55.0 Å². The third-order valence-corrected chi connectivity index (χ3v) is 7.35. The Morgan fingerprint density at radius 2 is 1.93 bits per heavy atom. The lowest BCUT2D eigenvalue weighted by molar-refractivity contribution is 0.0877. The normalized spacial score (nSPS) is 18.4. The van der Waals surface area contributed by atoms with Crippen molar-refractivity contribution in [3.8, 4) is 0 Å². The number of fused-ring (bicyclic) bond motifs is 2. The van der Waals surface area contributed by atoms with Crippen LogP contribution < -0.4 is 15.6 Å². The molecule has 0 saturated heterocycles. The van der Waals surface area contributed by atoms with E-state index in [9.17, 15) is 22.8 Å². The number of carbonyl (C=O) groups is 3. The summed E-state index contributed by atoms with van der Waals surface area (Å²) in [6.07, 6.45) is 2.92. The van der Waals surface area contributed by atoms with E-state index in [2.05, 4.69) is 17.7 Å². The number of sulfonamides is 1. The molecule has 3 N–H and O–H groups in total. The van der Waals surface area contributed by atoms with Crippen molar-refractivity contribution in [3.05, 3.63) is 50.7 Å². The number of thiophene rings is 1. The Hall–Kier alpha value is -2.56. The van der Waals surface area contributed by atoms with E-state index in [1.165, 1.54) is 28.3 Å². The van der Waals surface area contributed by atoms with Gasteiger partial charge in [0.05, 0.1) is 20.9 Å². The van der Waals surface area contributed by atoms with Crippen LogP contribution in [0.4, 0.5) is 0 Å². The van der Waals surface area contributed by atoms with E-state index < -0.39 is 27.7 Å². The SMILES string of the molecule is CC1CCc2sc(C(=O)NNS(=O)(=O)c3ccc4c(c3)C(=O)NC4=O)cc2C1. The molecule has 0 spiro atoms. The third-order valence-electron chi connectivity index (χ3n) is 4.87. The van der Waals surface area contributed by atoms with E-state index in [-0.39, 0.29) is 16.0 Å². The Labute approximate surface area is 165 Å². The number of hydrogen-bond acceptors (Lipinski definition) is 6. The number of nitrogens with one attached hydrogen (secondary N) is 3. The number of benzene rings is 1. The molecule has 2 heterocycles. The molecule has 4 rings (SSSR count). The summed E-state index contributed by atoms with van der Waals surface area (Å²) in [5.74, 6) is -1.19. The van der Waals surface area contributed by atoms with Gasteiger partial charge in [-0.2, -0.15) is 0 Å². The van der Waals surface area contributed by atoms with Gasteiger partial charge in [0.1, 0.15) is 0 Å². The van der Waals surface area contributed by atoms with Crippen LogP contribution in [0, 0.1) is 5.92 Å². The molecule has 8 nitrogen and oxygen atoms in total. The molecule has 1 atom stereocenters. The molecule has 1 aromatic carbocycles. The van der Waals surface area contributed by atoms with Crippen LogP contribution in [0.1, 0.15) is 54.2 Å². The maximum Gasteiger partial charge on any atom is 0.276 e. The zero-order valence-electron chi connectivity index (χ0n) is 14.9. The van der Waals surface area contributed by atoms with Gasteiger partial charge in [0, 0.05) is 4.88 Å².